The number of pyridine rings is 1. The van der Waals surface area contributed by atoms with Gasteiger partial charge < -0.3 is 10.0 Å². The topological polar surface area (TPSA) is 108 Å². The summed E-state index contributed by atoms with van der Waals surface area (Å²) in [6.45, 7) is 2.43. The smallest absolute Gasteiger partial charge is 0.475 e. The van der Waals surface area contributed by atoms with Crippen LogP contribution >= 0.6 is 0 Å². The van der Waals surface area contributed by atoms with Crippen LogP contribution in [0, 0.1) is 5.41 Å². The van der Waals surface area contributed by atoms with Crippen molar-refractivity contribution in [1.29, 1.82) is 0 Å². The van der Waals surface area contributed by atoms with Crippen molar-refractivity contribution in [3.8, 4) is 0 Å². The summed E-state index contributed by atoms with van der Waals surface area (Å²) < 4.78 is 56.6. The molecule has 12 heteroatoms. The monoisotopic (exact) mass is 451 g/mol. The van der Waals surface area contributed by atoms with E-state index in [1.54, 1.807) is 16.7 Å². The fourth-order valence-electron chi connectivity index (χ4n) is 3.66. The van der Waals surface area contributed by atoms with Crippen LogP contribution in [0.4, 0.5) is 13.2 Å². The molecule has 0 unspecified atom stereocenters. The van der Waals surface area contributed by atoms with Crippen LogP contribution in [0.3, 0.4) is 0 Å². The molecular weight excluding hydrogens is 427 g/mol. The number of alkyl halides is 3. The van der Waals surface area contributed by atoms with Gasteiger partial charge in [-0.05, 0) is 36.3 Å². The van der Waals surface area contributed by atoms with Crippen LogP contribution in [0.15, 0.2) is 24.5 Å². The summed E-state index contributed by atoms with van der Waals surface area (Å²) in [4.78, 5) is 27.2. The van der Waals surface area contributed by atoms with Crippen molar-refractivity contribution in [3.63, 3.8) is 0 Å². The fraction of sp³-hybridized carbons (Fsp3) is 0.611. The molecule has 2 saturated heterocycles. The second kappa shape index (κ2) is 9.29. The zero-order valence-corrected chi connectivity index (χ0v) is 17.2. The summed E-state index contributed by atoms with van der Waals surface area (Å²) >= 11 is 0. The van der Waals surface area contributed by atoms with Gasteiger partial charge >= 0.3 is 12.1 Å². The summed E-state index contributed by atoms with van der Waals surface area (Å²) in [5.74, 6) is -2.57. The molecule has 1 amide bonds. The molecule has 2 fully saturated rings. The first-order valence-electron chi connectivity index (χ1n) is 9.24. The molecule has 168 valence electrons. The first-order valence-corrected chi connectivity index (χ1v) is 11.1. The van der Waals surface area contributed by atoms with Gasteiger partial charge in [0.15, 0.2) is 0 Å². The molecule has 0 bridgehead atoms. The van der Waals surface area contributed by atoms with Crippen molar-refractivity contribution in [3.05, 3.63) is 30.1 Å². The Hall–Kier alpha value is -2.21. The van der Waals surface area contributed by atoms with Gasteiger partial charge in [-0.15, -0.1) is 0 Å². The zero-order valence-electron chi connectivity index (χ0n) is 16.4. The molecule has 2 aliphatic rings. The lowest BCUT2D eigenvalue weighted by Gasteiger charge is -2.47. The third-order valence-corrected chi connectivity index (χ3v) is 6.64. The molecule has 1 N–H and O–H groups in total. The summed E-state index contributed by atoms with van der Waals surface area (Å²) in [7, 11) is -3.11. The molecule has 0 atom stereocenters. The Labute approximate surface area is 172 Å². The van der Waals surface area contributed by atoms with Crippen molar-refractivity contribution >= 4 is 21.9 Å². The van der Waals surface area contributed by atoms with E-state index in [4.69, 9.17) is 9.90 Å². The van der Waals surface area contributed by atoms with Crippen molar-refractivity contribution < 1.29 is 36.3 Å². The number of carbonyl (C=O) groups is 2. The number of carboxylic acid groups (broad SMARTS) is 1. The van der Waals surface area contributed by atoms with Gasteiger partial charge in [-0.25, -0.2) is 17.5 Å². The third kappa shape index (κ3) is 6.66. The van der Waals surface area contributed by atoms with Crippen LogP contribution in [0.25, 0.3) is 0 Å². The van der Waals surface area contributed by atoms with Gasteiger partial charge in [0.25, 0.3) is 0 Å². The van der Waals surface area contributed by atoms with Gasteiger partial charge in [-0.1, -0.05) is 6.07 Å². The molecule has 0 aliphatic carbocycles. The van der Waals surface area contributed by atoms with Crippen molar-refractivity contribution in [2.24, 2.45) is 5.41 Å². The lowest BCUT2D eigenvalue weighted by atomic mass is 9.72. The average Bonchev–Trinajstić information content (AvgIpc) is 2.65. The number of amides is 1. The predicted molar refractivity (Wildman–Crippen MR) is 101 cm³/mol. The standard InChI is InChI=1S/C16H23N3O3S.C2HF3O2/c1-23(21,22)19-9-6-16(7-10-19)5-4-15(20)18(13-16)12-14-3-2-8-17-11-14;3-2(4,5)1(6)7/h2-3,8,11H,4-7,9-10,12-13H2,1H3;(H,6,7). The second-order valence-electron chi connectivity index (χ2n) is 7.58. The summed E-state index contributed by atoms with van der Waals surface area (Å²) in [5, 5.41) is 7.12. The highest BCUT2D eigenvalue weighted by atomic mass is 32.2. The summed E-state index contributed by atoms with van der Waals surface area (Å²) in [6, 6.07) is 3.86. The summed E-state index contributed by atoms with van der Waals surface area (Å²) in [6.07, 6.45) is 2.79. The SMILES string of the molecule is CS(=O)(=O)N1CCC2(CCC(=O)N(Cc3cccnc3)C2)CC1.O=C(O)C(F)(F)F. The maximum Gasteiger partial charge on any atom is 0.490 e. The minimum absolute atomic E-state index is 0.0668. The Kier molecular flexibility index (Phi) is 7.45. The van der Waals surface area contributed by atoms with Crippen LogP contribution in [-0.2, 0) is 26.2 Å². The van der Waals surface area contributed by atoms with E-state index in [9.17, 15) is 26.4 Å². The molecule has 1 spiro atoms. The lowest BCUT2D eigenvalue weighted by Crippen LogP contribution is -2.51. The average molecular weight is 451 g/mol. The van der Waals surface area contributed by atoms with Crippen LogP contribution in [0.1, 0.15) is 31.2 Å². The van der Waals surface area contributed by atoms with Gasteiger partial charge in [-0.3, -0.25) is 9.78 Å². The lowest BCUT2D eigenvalue weighted by molar-refractivity contribution is -0.192. The molecule has 30 heavy (non-hydrogen) atoms. The minimum Gasteiger partial charge on any atom is -0.475 e. The van der Waals surface area contributed by atoms with E-state index in [0.717, 1.165) is 31.4 Å². The number of hydrogen-bond donors (Lipinski definition) is 1. The van der Waals surface area contributed by atoms with E-state index in [1.165, 1.54) is 6.26 Å². The Bertz CT molecular complexity index is 854. The fourth-order valence-corrected chi connectivity index (χ4v) is 4.50. The quantitative estimate of drug-likeness (QED) is 0.752. The number of halogens is 3. The first kappa shape index (κ1) is 24.1. The number of sulfonamides is 1. The number of aromatic nitrogens is 1. The number of hydrogen-bond acceptors (Lipinski definition) is 5. The highest BCUT2D eigenvalue weighted by Gasteiger charge is 2.42. The molecule has 1 aromatic heterocycles. The van der Waals surface area contributed by atoms with Crippen molar-refractivity contribution in [2.75, 3.05) is 25.9 Å². The van der Waals surface area contributed by atoms with E-state index >= 15 is 0 Å². The van der Waals surface area contributed by atoms with Crippen LogP contribution in [-0.4, -0.2) is 71.7 Å². The number of rotatable bonds is 3. The van der Waals surface area contributed by atoms with Gasteiger partial charge in [0.2, 0.25) is 15.9 Å². The number of aliphatic carboxylic acids is 1. The Balaban J connectivity index is 0.000000396. The molecule has 0 aromatic carbocycles. The van der Waals surface area contributed by atoms with Gasteiger partial charge in [0.1, 0.15) is 0 Å². The Morgan fingerprint density at radius 1 is 1.27 bits per heavy atom. The number of likely N-dealkylation sites (tertiary alicyclic amines) is 1. The molecule has 8 nitrogen and oxygen atoms in total. The zero-order chi connectivity index (χ0) is 22.6. The van der Waals surface area contributed by atoms with E-state index < -0.39 is 22.2 Å². The van der Waals surface area contributed by atoms with Gasteiger partial charge in [0.05, 0.1) is 6.26 Å². The molecule has 2 aliphatic heterocycles. The van der Waals surface area contributed by atoms with Crippen molar-refractivity contribution in [2.45, 2.75) is 38.4 Å². The van der Waals surface area contributed by atoms with Crippen molar-refractivity contribution in [1.82, 2.24) is 14.2 Å². The molecule has 3 heterocycles. The van der Waals surface area contributed by atoms with Gasteiger partial charge in [0, 0.05) is 45.0 Å². The maximum absolute atomic E-state index is 12.2. The molecule has 0 radical (unpaired) electrons. The second-order valence-corrected chi connectivity index (χ2v) is 9.56. The number of carboxylic acids is 1. The van der Waals surface area contributed by atoms with E-state index in [0.29, 0.717) is 26.1 Å². The molecular formula is C18H24F3N3O5S. The van der Waals surface area contributed by atoms with Gasteiger partial charge in [-0.2, -0.15) is 13.2 Å². The Morgan fingerprint density at radius 2 is 1.87 bits per heavy atom. The van der Waals surface area contributed by atoms with Crippen LogP contribution < -0.4 is 0 Å². The van der Waals surface area contributed by atoms with Crippen LogP contribution in [0.2, 0.25) is 0 Å². The number of nitrogens with zero attached hydrogens (tertiary/aromatic N) is 3. The normalized spacial score (nSPS) is 19.9. The largest absolute Gasteiger partial charge is 0.490 e. The third-order valence-electron chi connectivity index (χ3n) is 5.34. The van der Waals surface area contributed by atoms with E-state index in [-0.39, 0.29) is 11.3 Å². The minimum atomic E-state index is -5.08. The van der Waals surface area contributed by atoms with Crippen LogP contribution in [0.5, 0.6) is 0 Å². The highest BCUT2D eigenvalue weighted by Crippen LogP contribution is 2.41. The predicted octanol–water partition coefficient (Wildman–Crippen LogP) is 1.88. The van der Waals surface area contributed by atoms with E-state index in [2.05, 4.69) is 4.98 Å². The van der Waals surface area contributed by atoms with E-state index in [1.807, 2.05) is 17.0 Å². The molecule has 1 aromatic rings. The molecule has 0 saturated carbocycles. The molecule has 3 rings (SSSR count). The highest BCUT2D eigenvalue weighted by molar-refractivity contribution is 7.88. The maximum atomic E-state index is 12.2. The number of piperidine rings is 2. The Morgan fingerprint density at radius 3 is 2.33 bits per heavy atom. The number of carbonyl (C=O) groups excluding carboxylic acids is 1. The summed E-state index contributed by atoms with van der Waals surface area (Å²) in [5.41, 5.74) is 1.10. The first-order chi connectivity index (χ1) is 13.8.